The molecular formula is C45H41N. The molecule has 1 fully saturated rings. The van der Waals surface area contributed by atoms with E-state index in [4.69, 9.17) is 0 Å². The molecule has 0 bridgehead atoms. The zero-order valence-corrected chi connectivity index (χ0v) is 26.9. The Morgan fingerprint density at radius 2 is 1.07 bits per heavy atom. The smallest absolute Gasteiger partial charge is 0.0540 e. The second-order valence-electron chi connectivity index (χ2n) is 13.6. The third-order valence-electron chi connectivity index (χ3n) is 10.5. The van der Waals surface area contributed by atoms with Crippen molar-refractivity contribution < 1.29 is 0 Å². The van der Waals surface area contributed by atoms with Crippen molar-refractivity contribution in [1.82, 2.24) is 0 Å². The minimum Gasteiger partial charge on any atom is -0.310 e. The SMILES string of the molecule is CC1(C)c2ccccc2-c2ccc(N(c3ccc(C4CCCCC4)cc3)c3ccccc3-c3ccccc3-c3ccccc3)cc21. The van der Waals surface area contributed by atoms with Gasteiger partial charge in [0.15, 0.2) is 0 Å². The minimum atomic E-state index is -0.0716. The van der Waals surface area contributed by atoms with Crippen molar-refractivity contribution in [1.29, 1.82) is 0 Å². The van der Waals surface area contributed by atoms with Crippen LogP contribution in [0.3, 0.4) is 0 Å². The molecule has 0 saturated heterocycles. The predicted octanol–water partition coefficient (Wildman–Crippen LogP) is 12.8. The van der Waals surface area contributed by atoms with E-state index in [1.807, 2.05) is 0 Å². The number of nitrogens with zero attached hydrogens (tertiary/aromatic N) is 1. The number of para-hydroxylation sites is 1. The summed E-state index contributed by atoms with van der Waals surface area (Å²) in [4.78, 5) is 2.49. The minimum absolute atomic E-state index is 0.0716. The molecule has 0 N–H and O–H groups in total. The molecule has 0 heterocycles. The van der Waals surface area contributed by atoms with Crippen LogP contribution < -0.4 is 4.90 Å². The molecule has 0 aliphatic heterocycles. The van der Waals surface area contributed by atoms with Gasteiger partial charge in [-0.3, -0.25) is 0 Å². The summed E-state index contributed by atoms with van der Waals surface area (Å²) >= 11 is 0. The van der Waals surface area contributed by atoms with E-state index in [9.17, 15) is 0 Å². The summed E-state index contributed by atoms with van der Waals surface area (Å²) in [6, 6.07) is 54.1. The van der Waals surface area contributed by atoms with Gasteiger partial charge in [0, 0.05) is 22.4 Å². The summed E-state index contributed by atoms with van der Waals surface area (Å²) in [5, 5.41) is 0. The quantitative estimate of drug-likeness (QED) is 0.185. The molecule has 226 valence electrons. The van der Waals surface area contributed by atoms with Gasteiger partial charge < -0.3 is 4.90 Å². The molecule has 1 saturated carbocycles. The monoisotopic (exact) mass is 595 g/mol. The molecule has 0 spiro atoms. The number of rotatable bonds is 6. The Hall–Kier alpha value is -4.88. The van der Waals surface area contributed by atoms with Crippen LogP contribution in [0.1, 0.15) is 68.6 Å². The van der Waals surface area contributed by atoms with E-state index >= 15 is 0 Å². The standard InChI is InChI=1S/C45H41N/c1-45(2)42-23-13-11-21-39(42)40-30-29-36(31-43(40)45)46(35-27-25-33(26-28-35)32-15-5-3-6-16-32)44-24-14-12-22-41(44)38-20-10-9-19-37(38)34-17-7-4-8-18-34/h4,7-14,17-32H,3,5-6,15-16H2,1-2H3. The van der Waals surface area contributed by atoms with Gasteiger partial charge in [-0.15, -0.1) is 0 Å². The predicted molar refractivity (Wildman–Crippen MR) is 195 cm³/mol. The molecule has 2 aliphatic carbocycles. The van der Waals surface area contributed by atoms with Crippen molar-refractivity contribution in [2.45, 2.75) is 57.3 Å². The van der Waals surface area contributed by atoms with E-state index in [-0.39, 0.29) is 5.41 Å². The first-order valence-electron chi connectivity index (χ1n) is 17.0. The lowest BCUT2D eigenvalue weighted by Crippen LogP contribution is -2.17. The second-order valence-corrected chi connectivity index (χ2v) is 13.6. The molecule has 1 heteroatoms. The highest BCUT2D eigenvalue weighted by atomic mass is 15.1. The van der Waals surface area contributed by atoms with Crippen molar-refractivity contribution in [3.63, 3.8) is 0 Å². The van der Waals surface area contributed by atoms with Gasteiger partial charge in [-0.1, -0.05) is 148 Å². The first-order chi connectivity index (χ1) is 22.6. The van der Waals surface area contributed by atoms with Crippen molar-refractivity contribution in [2.75, 3.05) is 4.90 Å². The van der Waals surface area contributed by atoms with Gasteiger partial charge in [-0.05, 0) is 93.6 Å². The van der Waals surface area contributed by atoms with Crippen LogP contribution in [-0.4, -0.2) is 0 Å². The maximum atomic E-state index is 2.49. The van der Waals surface area contributed by atoms with Gasteiger partial charge in [0.1, 0.15) is 0 Å². The summed E-state index contributed by atoms with van der Waals surface area (Å²) in [7, 11) is 0. The van der Waals surface area contributed by atoms with Crippen LogP contribution in [0.2, 0.25) is 0 Å². The van der Waals surface area contributed by atoms with E-state index in [1.165, 1.54) is 99.2 Å². The lowest BCUT2D eigenvalue weighted by Gasteiger charge is -2.30. The number of benzene rings is 6. The first kappa shape index (κ1) is 28.6. The zero-order chi connectivity index (χ0) is 31.1. The zero-order valence-electron chi connectivity index (χ0n) is 26.9. The van der Waals surface area contributed by atoms with Gasteiger partial charge >= 0.3 is 0 Å². The fraction of sp³-hybridized carbons (Fsp3) is 0.200. The molecule has 0 amide bonds. The van der Waals surface area contributed by atoms with Crippen molar-refractivity contribution in [3.05, 3.63) is 162 Å². The van der Waals surface area contributed by atoms with E-state index in [0.717, 1.165) is 0 Å². The lowest BCUT2D eigenvalue weighted by atomic mass is 9.82. The Morgan fingerprint density at radius 1 is 0.478 bits per heavy atom. The van der Waals surface area contributed by atoms with Crippen LogP contribution in [0.15, 0.2) is 146 Å². The highest BCUT2D eigenvalue weighted by molar-refractivity contribution is 5.94. The second kappa shape index (κ2) is 11.8. The number of hydrogen-bond acceptors (Lipinski definition) is 1. The number of fused-ring (bicyclic) bond motifs is 3. The Balaban J connectivity index is 1.31. The van der Waals surface area contributed by atoms with Crippen molar-refractivity contribution in [2.24, 2.45) is 0 Å². The van der Waals surface area contributed by atoms with Crippen LogP contribution in [-0.2, 0) is 5.41 Å². The van der Waals surface area contributed by atoms with Crippen LogP contribution in [0.5, 0.6) is 0 Å². The van der Waals surface area contributed by atoms with Crippen LogP contribution in [0.4, 0.5) is 17.1 Å². The maximum absolute atomic E-state index is 2.49. The van der Waals surface area contributed by atoms with Gasteiger partial charge in [0.25, 0.3) is 0 Å². The molecule has 1 nitrogen and oxygen atoms in total. The van der Waals surface area contributed by atoms with Gasteiger partial charge in [0.2, 0.25) is 0 Å². The molecule has 46 heavy (non-hydrogen) atoms. The topological polar surface area (TPSA) is 3.24 Å². The summed E-state index contributed by atoms with van der Waals surface area (Å²) < 4.78 is 0. The maximum Gasteiger partial charge on any atom is 0.0540 e. The normalized spacial score (nSPS) is 15.3. The molecular weight excluding hydrogens is 555 g/mol. The Morgan fingerprint density at radius 3 is 1.83 bits per heavy atom. The number of hydrogen-bond donors (Lipinski definition) is 0. The van der Waals surface area contributed by atoms with Crippen LogP contribution in [0.25, 0.3) is 33.4 Å². The summed E-state index contributed by atoms with van der Waals surface area (Å²) in [6.07, 6.45) is 6.69. The summed E-state index contributed by atoms with van der Waals surface area (Å²) in [5.74, 6) is 0.681. The van der Waals surface area contributed by atoms with E-state index in [2.05, 4.69) is 164 Å². The Labute approximate surface area is 274 Å². The van der Waals surface area contributed by atoms with E-state index in [1.54, 1.807) is 0 Å². The summed E-state index contributed by atoms with van der Waals surface area (Å²) in [6.45, 7) is 4.74. The molecule has 0 atom stereocenters. The third-order valence-corrected chi connectivity index (χ3v) is 10.5. The fourth-order valence-corrected chi connectivity index (χ4v) is 8.07. The molecule has 6 aromatic rings. The highest BCUT2D eigenvalue weighted by Gasteiger charge is 2.36. The molecule has 2 aliphatic rings. The number of anilines is 3. The highest BCUT2D eigenvalue weighted by Crippen LogP contribution is 2.51. The molecule has 6 aromatic carbocycles. The Bertz CT molecular complexity index is 1990. The van der Waals surface area contributed by atoms with E-state index in [0.29, 0.717) is 5.92 Å². The molecule has 8 rings (SSSR count). The van der Waals surface area contributed by atoms with E-state index < -0.39 is 0 Å². The van der Waals surface area contributed by atoms with Gasteiger partial charge in [0.05, 0.1) is 5.69 Å². The first-order valence-corrected chi connectivity index (χ1v) is 17.0. The molecule has 0 unspecified atom stereocenters. The summed E-state index contributed by atoms with van der Waals surface area (Å²) in [5.41, 5.74) is 15.4. The third kappa shape index (κ3) is 4.95. The molecule has 0 radical (unpaired) electrons. The van der Waals surface area contributed by atoms with Crippen molar-refractivity contribution in [3.8, 4) is 33.4 Å². The fourth-order valence-electron chi connectivity index (χ4n) is 8.07. The average molecular weight is 596 g/mol. The lowest BCUT2D eigenvalue weighted by molar-refractivity contribution is 0.443. The van der Waals surface area contributed by atoms with Crippen LogP contribution >= 0.6 is 0 Å². The van der Waals surface area contributed by atoms with Crippen molar-refractivity contribution >= 4 is 17.1 Å². The van der Waals surface area contributed by atoms with Gasteiger partial charge in [-0.25, -0.2) is 0 Å². The average Bonchev–Trinajstić information content (AvgIpc) is 3.35. The largest absolute Gasteiger partial charge is 0.310 e. The molecule has 0 aromatic heterocycles. The Kier molecular flexibility index (Phi) is 7.34. The van der Waals surface area contributed by atoms with Crippen LogP contribution in [0, 0.1) is 0 Å². The van der Waals surface area contributed by atoms with Gasteiger partial charge in [-0.2, -0.15) is 0 Å².